The van der Waals surface area contributed by atoms with Gasteiger partial charge in [0.2, 0.25) is 4.96 Å². The molecule has 118 valence electrons. The third-order valence-corrected chi connectivity index (χ3v) is 5.24. The molecule has 0 N–H and O–H groups in total. The minimum absolute atomic E-state index is 0.142. The Morgan fingerprint density at radius 1 is 1.12 bits per heavy atom. The minimum atomic E-state index is -0.142. The average molecular weight is 352 g/mol. The lowest BCUT2D eigenvalue weighted by atomic mass is 10.2. The number of nitrogens with zero attached hydrogens (tertiary/aromatic N) is 4. The molecule has 0 aliphatic carbocycles. The van der Waals surface area contributed by atoms with E-state index in [1.807, 2.05) is 48.7 Å². The highest BCUT2D eigenvalue weighted by Gasteiger charge is 2.11. The highest BCUT2D eigenvalue weighted by molar-refractivity contribution is 7.98. The number of pyridine rings is 1. The summed E-state index contributed by atoms with van der Waals surface area (Å²) in [5, 5.41) is 4.32. The predicted molar refractivity (Wildman–Crippen MR) is 97.4 cm³/mol. The molecule has 4 rings (SSSR count). The van der Waals surface area contributed by atoms with Crippen LogP contribution < -0.4 is 10.1 Å². The molecule has 0 saturated carbocycles. The predicted octanol–water partition coefficient (Wildman–Crippen LogP) is 2.48. The molecule has 3 heterocycles. The lowest BCUT2D eigenvalue weighted by Crippen LogP contribution is -2.23. The molecule has 0 aliphatic heterocycles. The van der Waals surface area contributed by atoms with Crippen molar-refractivity contribution < 1.29 is 0 Å². The first kappa shape index (κ1) is 15.0. The zero-order valence-corrected chi connectivity index (χ0v) is 14.3. The van der Waals surface area contributed by atoms with Gasteiger partial charge in [-0.05, 0) is 42.2 Å². The minimum Gasteiger partial charge on any atom is -0.266 e. The number of benzene rings is 1. The van der Waals surface area contributed by atoms with E-state index in [1.54, 1.807) is 24.2 Å². The highest BCUT2D eigenvalue weighted by Crippen LogP contribution is 2.16. The second kappa shape index (κ2) is 6.18. The van der Waals surface area contributed by atoms with Gasteiger partial charge in [0.05, 0.1) is 4.53 Å². The molecular weight excluding hydrogens is 340 g/mol. The van der Waals surface area contributed by atoms with Crippen molar-refractivity contribution in [3.8, 4) is 11.4 Å². The van der Waals surface area contributed by atoms with E-state index in [-0.39, 0.29) is 5.56 Å². The van der Waals surface area contributed by atoms with Crippen LogP contribution in [0, 0.1) is 0 Å². The Bertz CT molecular complexity index is 1100. The Hall–Kier alpha value is -2.51. The molecule has 4 aromatic rings. The van der Waals surface area contributed by atoms with Gasteiger partial charge in [-0.25, -0.2) is 0 Å². The smallest absolute Gasteiger partial charge is 0.266 e. The Balaban J connectivity index is 1.78. The van der Waals surface area contributed by atoms with Crippen LogP contribution in [0.1, 0.15) is 5.56 Å². The van der Waals surface area contributed by atoms with Crippen molar-refractivity contribution in [1.82, 2.24) is 19.6 Å². The maximum atomic E-state index is 12.5. The molecule has 0 saturated heterocycles. The second-order valence-electron chi connectivity index (χ2n) is 5.05. The highest BCUT2D eigenvalue weighted by atomic mass is 32.2. The van der Waals surface area contributed by atoms with Crippen LogP contribution in [-0.2, 0) is 0 Å². The number of thiazole rings is 1. The normalized spacial score (nSPS) is 12.1. The molecule has 0 spiro atoms. The van der Waals surface area contributed by atoms with Crippen LogP contribution in [0.3, 0.4) is 0 Å². The van der Waals surface area contributed by atoms with Crippen LogP contribution >= 0.6 is 23.1 Å². The number of hydrogen-bond donors (Lipinski definition) is 0. The van der Waals surface area contributed by atoms with Gasteiger partial charge in [0, 0.05) is 22.9 Å². The topological polar surface area (TPSA) is 60.1 Å². The maximum absolute atomic E-state index is 12.5. The first-order chi connectivity index (χ1) is 11.7. The zero-order valence-electron chi connectivity index (χ0n) is 12.7. The van der Waals surface area contributed by atoms with Gasteiger partial charge in [-0.2, -0.15) is 9.50 Å². The van der Waals surface area contributed by atoms with Crippen molar-refractivity contribution in [2.75, 3.05) is 6.26 Å². The zero-order chi connectivity index (χ0) is 16.5. The number of thioether (sulfide) groups is 1. The summed E-state index contributed by atoms with van der Waals surface area (Å²) < 4.78 is 1.99. The first-order valence-corrected chi connectivity index (χ1v) is 9.24. The monoisotopic (exact) mass is 352 g/mol. The number of rotatable bonds is 3. The van der Waals surface area contributed by atoms with Gasteiger partial charge in [0.15, 0.2) is 5.82 Å². The number of hydrogen-bond acceptors (Lipinski definition) is 6. The number of fused-ring (bicyclic) bond motifs is 1. The first-order valence-electron chi connectivity index (χ1n) is 7.20. The van der Waals surface area contributed by atoms with Crippen molar-refractivity contribution in [3.63, 3.8) is 0 Å². The van der Waals surface area contributed by atoms with Gasteiger partial charge in [-0.3, -0.25) is 9.78 Å². The van der Waals surface area contributed by atoms with Gasteiger partial charge >= 0.3 is 0 Å². The molecule has 3 aromatic heterocycles. The van der Waals surface area contributed by atoms with Crippen LogP contribution in [0.2, 0.25) is 0 Å². The van der Waals surface area contributed by atoms with Gasteiger partial charge < -0.3 is 0 Å². The summed E-state index contributed by atoms with van der Waals surface area (Å²) in [4.78, 5) is 22.7. The molecular formula is C17H12N4OS2. The third-order valence-electron chi connectivity index (χ3n) is 3.53. The van der Waals surface area contributed by atoms with Gasteiger partial charge in [-0.1, -0.05) is 23.5 Å². The van der Waals surface area contributed by atoms with Crippen LogP contribution in [-0.4, -0.2) is 25.8 Å². The molecule has 7 heteroatoms. The summed E-state index contributed by atoms with van der Waals surface area (Å²) in [6.45, 7) is 0. The lowest BCUT2D eigenvalue weighted by Gasteiger charge is -1.95. The van der Waals surface area contributed by atoms with Crippen molar-refractivity contribution >= 4 is 34.1 Å². The number of aromatic nitrogens is 4. The Morgan fingerprint density at radius 3 is 2.54 bits per heavy atom. The van der Waals surface area contributed by atoms with E-state index in [9.17, 15) is 4.79 Å². The summed E-state index contributed by atoms with van der Waals surface area (Å²) in [5.74, 6) is 0.539. The quantitative estimate of drug-likeness (QED) is 0.530. The largest absolute Gasteiger partial charge is 0.291 e. The Kier molecular flexibility index (Phi) is 3.87. The average Bonchev–Trinajstić information content (AvgIpc) is 3.17. The van der Waals surface area contributed by atoms with Crippen LogP contribution in [0.25, 0.3) is 22.4 Å². The van der Waals surface area contributed by atoms with E-state index in [4.69, 9.17) is 0 Å². The fourth-order valence-electron chi connectivity index (χ4n) is 2.31. The van der Waals surface area contributed by atoms with E-state index in [1.165, 1.54) is 20.7 Å². The van der Waals surface area contributed by atoms with Crippen LogP contribution in [0.15, 0.2) is 58.5 Å². The molecule has 0 aliphatic rings. The molecule has 5 nitrogen and oxygen atoms in total. The van der Waals surface area contributed by atoms with Crippen molar-refractivity contribution in [2.45, 2.75) is 4.90 Å². The summed E-state index contributed by atoms with van der Waals surface area (Å²) >= 11 is 3.03. The Morgan fingerprint density at radius 2 is 1.88 bits per heavy atom. The molecule has 1 aromatic carbocycles. The molecule has 0 atom stereocenters. The van der Waals surface area contributed by atoms with Crippen molar-refractivity contribution in [1.29, 1.82) is 0 Å². The second-order valence-corrected chi connectivity index (χ2v) is 6.94. The van der Waals surface area contributed by atoms with E-state index < -0.39 is 0 Å². The van der Waals surface area contributed by atoms with Gasteiger partial charge in [-0.15, -0.1) is 16.9 Å². The summed E-state index contributed by atoms with van der Waals surface area (Å²) in [5.41, 5.74) is 1.69. The summed E-state index contributed by atoms with van der Waals surface area (Å²) in [7, 11) is 0. The summed E-state index contributed by atoms with van der Waals surface area (Å²) in [6, 6.07) is 11.7. The van der Waals surface area contributed by atoms with Crippen molar-refractivity contribution in [2.24, 2.45) is 0 Å². The van der Waals surface area contributed by atoms with E-state index in [2.05, 4.69) is 15.1 Å². The van der Waals surface area contributed by atoms with Gasteiger partial charge in [0.25, 0.3) is 5.56 Å². The third kappa shape index (κ3) is 2.72. The SMILES string of the molecule is CSc1ccc(C=c2sc3nc(-c4ccncc4)nn3c2=O)cc1. The fourth-order valence-corrected chi connectivity index (χ4v) is 3.62. The standard InChI is InChI=1S/C17H12N4OS2/c1-23-13-4-2-11(3-5-13)10-14-16(22)21-17(24-14)19-15(20-21)12-6-8-18-9-7-12/h2-10H,1H3. The molecule has 24 heavy (non-hydrogen) atoms. The molecule has 0 amide bonds. The molecule has 0 unspecified atom stereocenters. The van der Waals surface area contributed by atoms with Crippen LogP contribution in [0.5, 0.6) is 0 Å². The fraction of sp³-hybridized carbons (Fsp3) is 0.0588. The van der Waals surface area contributed by atoms with E-state index in [0.717, 1.165) is 11.1 Å². The van der Waals surface area contributed by atoms with E-state index in [0.29, 0.717) is 15.3 Å². The lowest BCUT2D eigenvalue weighted by molar-refractivity contribution is 0.936. The Labute approximate surface area is 145 Å². The van der Waals surface area contributed by atoms with Gasteiger partial charge in [0.1, 0.15) is 0 Å². The van der Waals surface area contributed by atoms with Crippen molar-refractivity contribution in [3.05, 3.63) is 69.2 Å². The molecule has 0 radical (unpaired) electrons. The molecule has 0 bridgehead atoms. The van der Waals surface area contributed by atoms with Crippen LogP contribution in [0.4, 0.5) is 0 Å². The van der Waals surface area contributed by atoms with E-state index >= 15 is 0 Å². The maximum Gasteiger partial charge on any atom is 0.291 e. The molecule has 0 fully saturated rings. The summed E-state index contributed by atoms with van der Waals surface area (Å²) in [6.07, 6.45) is 7.27.